The molecule has 0 radical (unpaired) electrons. The lowest BCUT2D eigenvalue weighted by atomic mass is 9.83. The molecular weight excluding hydrogens is 244 g/mol. The van der Waals surface area contributed by atoms with Crippen molar-refractivity contribution in [3.63, 3.8) is 0 Å². The average molecular weight is 278 g/mol. The number of rotatable bonds is 9. The first-order chi connectivity index (χ1) is 9.75. The summed E-state index contributed by atoms with van der Waals surface area (Å²) in [6, 6.07) is 0.603. The maximum Gasteiger partial charge on any atom is 0.0362 e. The third-order valence-electron chi connectivity index (χ3n) is 4.89. The zero-order chi connectivity index (χ0) is 14.8. The van der Waals surface area contributed by atoms with Crippen molar-refractivity contribution in [3.05, 3.63) is 0 Å². The van der Waals surface area contributed by atoms with Crippen LogP contribution in [0.4, 0.5) is 0 Å². The van der Waals surface area contributed by atoms with Crippen LogP contribution in [0.1, 0.15) is 72.6 Å². The summed E-state index contributed by atoms with van der Waals surface area (Å²) in [6.07, 6.45) is 8.92. The molecule has 20 heavy (non-hydrogen) atoms. The van der Waals surface area contributed by atoms with Crippen molar-refractivity contribution in [2.45, 2.75) is 84.2 Å². The van der Waals surface area contributed by atoms with Crippen molar-refractivity contribution in [1.82, 2.24) is 10.2 Å². The molecule has 0 aliphatic heterocycles. The van der Waals surface area contributed by atoms with Gasteiger partial charge in [0, 0.05) is 18.0 Å². The lowest BCUT2D eigenvalue weighted by Crippen LogP contribution is -2.60. The molecular formula is C18H34N2. The smallest absolute Gasteiger partial charge is 0.0362 e. The summed E-state index contributed by atoms with van der Waals surface area (Å²) in [4.78, 5) is 2.71. The fraction of sp³-hybridized carbons (Fsp3) is 0.889. The summed E-state index contributed by atoms with van der Waals surface area (Å²) < 4.78 is 0. The van der Waals surface area contributed by atoms with Crippen molar-refractivity contribution in [3.8, 4) is 11.8 Å². The molecule has 1 N–H and O–H groups in total. The maximum atomic E-state index is 3.85. The second kappa shape index (κ2) is 9.42. The highest BCUT2D eigenvalue weighted by Crippen LogP contribution is 2.39. The summed E-state index contributed by atoms with van der Waals surface area (Å²) in [7, 11) is 0. The Morgan fingerprint density at radius 1 is 1.15 bits per heavy atom. The molecule has 2 heteroatoms. The van der Waals surface area contributed by atoms with E-state index >= 15 is 0 Å². The molecule has 1 unspecified atom stereocenters. The standard InChI is InChI=1S/C18H34N2/c1-5-9-10-13-17(19-16-6-2)18(14-11-12-15-18)20(7-3)8-4/h17,19H,6-8,10-16H2,1-4H3. The van der Waals surface area contributed by atoms with E-state index in [9.17, 15) is 0 Å². The molecule has 1 rings (SSSR count). The van der Waals surface area contributed by atoms with Crippen molar-refractivity contribution in [2.24, 2.45) is 0 Å². The minimum Gasteiger partial charge on any atom is -0.312 e. The minimum absolute atomic E-state index is 0.383. The van der Waals surface area contributed by atoms with Gasteiger partial charge in [0.05, 0.1) is 0 Å². The number of nitrogens with zero attached hydrogens (tertiary/aromatic N) is 1. The Morgan fingerprint density at radius 2 is 1.80 bits per heavy atom. The molecule has 2 nitrogen and oxygen atoms in total. The van der Waals surface area contributed by atoms with Crippen LogP contribution in [-0.2, 0) is 0 Å². The van der Waals surface area contributed by atoms with E-state index in [1.165, 1.54) is 51.6 Å². The van der Waals surface area contributed by atoms with Gasteiger partial charge in [0.1, 0.15) is 0 Å². The van der Waals surface area contributed by atoms with Crippen molar-refractivity contribution >= 4 is 0 Å². The van der Waals surface area contributed by atoms with Crippen molar-refractivity contribution in [1.29, 1.82) is 0 Å². The van der Waals surface area contributed by atoms with Crippen LogP contribution in [0.2, 0.25) is 0 Å². The largest absolute Gasteiger partial charge is 0.312 e. The molecule has 0 amide bonds. The first-order valence-corrected chi connectivity index (χ1v) is 8.63. The molecule has 0 spiro atoms. The monoisotopic (exact) mass is 278 g/mol. The highest BCUT2D eigenvalue weighted by Gasteiger charge is 2.44. The van der Waals surface area contributed by atoms with Crippen LogP contribution in [0.15, 0.2) is 0 Å². The topological polar surface area (TPSA) is 15.3 Å². The minimum atomic E-state index is 0.383. The van der Waals surface area contributed by atoms with E-state index in [4.69, 9.17) is 0 Å². The van der Waals surface area contributed by atoms with Gasteiger partial charge < -0.3 is 5.32 Å². The fourth-order valence-corrected chi connectivity index (χ4v) is 3.95. The second-order valence-corrected chi connectivity index (χ2v) is 5.96. The summed E-state index contributed by atoms with van der Waals surface area (Å²) in [5.41, 5.74) is 0.383. The molecule has 1 saturated carbocycles. The summed E-state index contributed by atoms with van der Waals surface area (Å²) in [6.45, 7) is 12.3. The van der Waals surface area contributed by atoms with Gasteiger partial charge in [-0.3, -0.25) is 4.90 Å². The van der Waals surface area contributed by atoms with Gasteiger partial charge in [-0.1, -0.05) is 33.6 Å². The van der Waals surface area contributed by atoms with Gasteiger partial charge in [-0.15, -0.1) is 11.8 Å². The van der Waals surface area contributed by atoms with E-state index < -0.39 is 0 Å². The summed E-state index contributed by atoms with van der Waals surface area (Å²) in [5, 5.41) is 3.85. The third kappa shape index (κ3) is 4.24. The first kappa shape index (κ1) is 17.5. The molecule has 1 fully saturated rings. The van der Waals surface area contributed by atoms with E-state index in [1.807, 2.05) is 6.92 Å². The van der Waals surface area contributed by atoms with Crippen LogP contribution in [0.3, 0.4) is 0 Å². The van der Waals surface area contributed by atoms with Crippen LogP contribution >= 0.6 is 0 Å². The Labute approximate surface area is 126 Å². The zero-order valence-corrected chi connectivity index (χ0v) is 14.1. The SMILES string of the molecule is CC#CCCC(NCCC)C1(N(CC)CC)CCCC1. The van der Waals surface area contributed by atoms with Gasteiger partial charge in [-0.2, -0.15) is 0 Å². The van der Waals surface area contributed by atoms with Gasteiger partial charge in [0.2, 0.25) is 0 Å². The van der Waals surface area contributed by atoms with Crippen LogP contribution in [0.5, 0.6) is 0 Å². The Bertz CT molecular complexity index is 303. The lowest BCUT2D eigenvalue weighted by molar-refractivity contribution is 0.0602. The van der Waals surface area contributed by atoms with E-state index in [2.05, 4.69) is 42.8 Å². The number of nitrogens with one attached hydrogen (secondary N) is 1. The van der Waals surface area contributed by atoms with Crippen LogP contribution in [-0.4, -0.2) is 36.1 Å². The highest BCUT2D eigenvalue weighted by molar-refractivity contribution is 5.05. The molecule has 0 aromatic carbocycles. The number of likely N-dealkylation sites (N-methyl/N-ethyl adjacent to an activating group) is 1. The van der Waals surface area contributed by atoms with Crippen molar-refractivity contribution < 1.29 is 0 Å². The van der Waals surface area contributed by atoms with E-state index in [1.54, 1.807) is 0 Å². The summed E-state index contributed by atoms with van der Waals surface area (Å²) >= 11 is 0. The zero-order valence-electron chi connectivity index (χ0n) is 14.1. The van der Waals surface area contributed by atoms with Gasteiger partial charge in [-0.05, 0) is 52.2 Å². The summed E-state index contributed by atoms with van der Waals surface area (Å²) in [5.74, 6) is 6.31. The predicted octanol–water partition coefficient (Wildman–Crippen LogP) is 3.81. The molecule has 1 aliphatic rings. The van der Waals surface area contributed by atoms with Crippen LogP contribution in [0.25, 0.3) is 0 Å². The normalized spacial score (nSPS) is 18.9. The van der Waals surface area contributed by atoms with Crippen molar-refractivity contribution in [2.75, 3.05) is 19.6 Å². The second-order valence-electron chi connectivity index (χ2n) is 5.96. The Morgan fingerprint density at radius 3 is 2.30 bits per heavy atom. The lowest BCUT2D eigenvalue weighted by Gasteiger charge is -2.46. The maximum absolute atomic E-state index is 3.85. The van der Waals surface area contributed by atoms with E-state index in [0.717, 1.165) is 13.0 Å². The third-order valence-corrected chi connectivity index (χ3v) is 4.89. The predicted molar refractivity (Wildman–Crippen MR) is 88.9 cm³/mol. The quantitative estimate of drug-likeness (QED) is 0.645. The van der Waals surface area contributed by atoms with Gasteiger partial charge in [-0.25, -0.2) is 0 Å². The van der Waals surface area contributed by atoms with Crippen LogP contribution < -0.4 is 5.32 Å². The molecule has 0 heterocycles. The highest BCUT2D eigenvalue weighted by atomic mass is 15.2. The molecule has 116 valence electrons. The van der Waals surface area contributed by atoms with E-state index in [0.29, 0.717) is 11.6 Å². The van der Waals surface area contributed by atoms with Gasteiger partial charge in [0.25, 0.3) is 0 Å². The molecule has 0 saturated heterocycles. The molecule has 1 atom stereocenters. The average Bonchev–Trinajstić information content (AvgIpc) is 2.94. The Kier molecular flexibility index (Phi) is 8.26. The van der Waals surface area contributed by atoms with Gasteiger partial charge >= 0.3 is 0 Å². The van der Waals surface area contributed by atoms with E-state index in [-0.39, 0.29) is 0 Å². The Hall–Kier alpha value is -0.520. The number of hydrogen-bond acceptors (Lipinski definition) is 2. The van der Waals surface area contributed by atoms with Gasteiger partial charge in [0.15, 0.2) is 0 Å². The number of hydrogen-bond donors (Lipinski definition) is 1. The molecule has 1 aliphatic carbocycles. The molecule has 0 aromatic heterocycles. The molecule has 0 aromatic rings. The Balaban J connectivity index is 2.86. The van der Waals surface area contributed by atoms with Crippen LogP contribution in [0, 0.1) is 11.8 Å². The molecule has 0 bridgehead atoms. The fourth-order valence-electron chi connectivity index (χ4n) is 3.95. The first-order valence-electron chi connectivity index (χ1n) is 8.63.